The number of alkyl halides is 10. The molecule has 3 rings (SSSR count). The lowest BCUT2D eigenvalue weighted by molar-refractivity contribution is -0.412. The second-order valence-electron chi connectivity index (χ2n) is 12.2. The van der Waals surface area contributed by atoms with Crippen molar-refractivity contribution in [2.24, 2.45) is 0 Å². The SMILES string of the molecule is C=C(C)c1cc(C(C)(C)OC2(C)COC(O)(C(F)(F)F)C2(F)F)ccc1C(C)(C)OC1(C)COC(O)(C(F)(F)F)C1(F)F. The van der Waals surface area contributed by atoms with Crippen molar-refractivity contribution in [2.75, 3.05) is 13.2 Å². The van der Waals surface area contributed by atoms with Gasteiger partial charge in [-0.05, 0) is 71.2 Å². The number of hydrogen-bond donors (Lipinski definition) is 2. The third-order valence-electron chi connectivity index (χ3n) is 7.85. The van der Waals surface area contributed by atoms with Gasteiger partial charge in [-0.15, -0.1) is 0 Å². The summed E-state index contributed by atoms with van der Waals surface area (Å²) in [6.07, 6.45) is -11.7. The van der Waals surface area contributed by atoms with Crippen molar-refractivity contribution in [3.8, 4) is 0 Å². The van der Waals surface area contributed by atoms with Crippen molar-refractivity contribution in [1.29, 1.82) is 0 Å². The van der Waals surface area contributed by atoms with Crippen molar-refractivity contribution in [2.45, 2.75) is 107 Å². The van der Waals surface area contributed by atoms with Crippen molar-refractivity contribution >= 4 is 5.57 Å². The zero-order valence-corrected chi connectivity index (χ0v) is 24.2. The fourth-order valence-electron chi connectivity index (χ4n) is 5.31. The van der Waals surface area contributed by atoms with Gasteiger partial charge in [-0.1, -0.05) is 24.3 Å². The van der Waals surface area contributed by atoms with Crippen molar-refractivity contribution in [1.82, 2.24) is 0 Å². The zero-order valence-electron chi connectivity index (χ0n) is 24.2. The third-order valence-corrected chi connectivity index (χ3v) is 7.85. The van der Waals surface area contributed by atoms with Crippen LogP contribution in [0.3, 0.4) is 0 Å². The standard InChI is InChI=1S/C27H32F10O6/c1-14(2)16-11-15(18(3,4)42-20(7)12-40-24(38,22(20,28)29)26(32,33)34)9-10-17(16)19(5,6)43-21(8)13-41-25(39,23(21,30)31)27(35,36)37/h9-11,38-39H,1,12-13H2,2-8H3. The van der Waals surface area contributed by atoms with Gasteiger partial charge in [0, 0.05) is 0 Å². The Balaban J connectivity index is 2.00. The summed E-state index contributed by atoms with van der Waals surface area (Å²) in [5.41, 5.74) is -9.02. The van der Waals surface area contributed by atoms with E-state index in [0.29, 0.717) is 13.8 Å². The summed E-state index contributed by atoms with van der Waals surface area (Å²) < 4.78 is 159. The topological polar surface area (TPSA) is 77.4 Å². The van der Waals surface area contributed by atoms with Crippen LogP contribution in [0, 0.1) is 0 Å². The van der Waals surface area contributed by atoms with E-state index in [1.807, 2.05) is 0 Å². The third kappa shape index (κ3) is 5.05. The Morgan fingerprint density at radius 1 is 0.767 bits per heavy atom. The van der Waals surface area contributed by atoms with Crippen LogP contribution < -0.4 is 0 Å². The van der Waals surface area contributed by atoms with Crippen LogP contribution in [0.5, 0.6) is 0 Å². The van der Waals surface area contributed by atoms with E-state index in [1.165, 1.54) is 52.8 Å². The fourth-order valence-corrected chi connectivity index (χ4v) is 5.31. The summed E-state index contributed by atoms with van der Waals surface area (Å²) in [5, 5.41) is 19.4. The van der Waals surface area contributed by atoms with Crippen LogP contribution in [-0.2, 0) is 30.1 Å². The number of aliphatic hydroxyl groups is 2. The molecular formula is C27H32F10O6. The maximum atomic E-state index is 15.1. The number of hydrogen-bond acceptors (Lipinski definition) is 6. The molecule has 2 fully saturated rings. The molecule has 1 aromatic rings. The summed E-state index contributed by atoms with van der Waals surface area (Å²) in [4.78, 5) is 0. The van der Waals surface area contributed by atoms with Crippen LogP contribution in [0.4, 0.5) is 43.9 Å². The zero-order chi connectivity index (χ0) is 33.7. The molecular weight excluding hydrogens is 610 g/mol. The first-order valence-corrected chi connectivity index (χ1v) is 12.7. The van der Waals surface area contributed by atoms with Gasteiger partial charge in [0.05, 0.1) is 24.4 Å². The highest BCUT2D eigenvalue weighted by Gasteiger charge is 2.83. The molecule has 4 atom stereocenters. The lowest BCUT2D eigenvalue weighted by Crippen LogP contribution is -2.64. The quantitative estimate of drug-likeness (QED) is 0.328. The Hall–Kier alpha value is -1.98. The van der Waals surface area contributed by atoms with Crippen molar-refractivity contribution in [3.05, 3.63) is 41.5 Å². The summed E-state index contributed by atoms with van der Waals surface area (Å²) in [7, 11) is 0. The van der Waals surface area contributed by atoms with E-state index in [9.17, 15) is 36.6 Å². The minimum atomic E-state index is -5.87. The van der Waals surface area contributed by atoms with Crippen molar-refractivity contribution in [3.63, 3.8) is 0 Å². The summed E-state index contributed by atoms with van der Waals surface area (Å²) in [5.74, 6) is -19.6. The first kappa shape index (κ1) is 35.5. The van der Waals surface area contributed by atoms with Crippen LogP contribution in [0.25, 0.3) is 5.57 Å². The Bertz CT molecular complexity index is 1280. The lowest BCUT2D eigenvalue weighted by atomic mass is 9.84. The summed E-state index contributed by atoms with van der Waals surface area (Å²) >= 11 is 0. The van der Waals surface area contributed by atoms with Crippen LogP contribution in [0.2, 0.25) is 0 Å². The number of benzene rings is 1. The van der Waals surface area contributed by atoms with Crippen molar-refractivity contribution < 1.29 is 73.1 Å². The summed E-state index contributed by atoms with van der Waals surface area (Å²) in [6, 6.07) is 3.85. The van der Waals surface area contributed by atoms with Gasteiger partial charge < -0.3 is 29.2 Å². The average molecular weight is 643 g/mol. The largest absolute Gasteiger partial charge is 0.449 e. The van der Waals surface area contributed by atoms with E-state index in [4.69, 9.17) is 9.47 Å². The van der Waals surface area contributed by atoms with Gasteiger partial charge in [0.15, 0.2) is 11.2 Å². The van der Waals surface area contributed by atoms with E-state index in [2.05, 4.69) is 16.1 Å². The number of halogens is 10. The highest BCUT2D eigenvalue weighted by atomic mass is 19.4. The molecule has 0 saturated carbocycles. The highest BCUT2D eigenvalue weighted by Crippen LogP contribution is 2.57. The van der Waals surface area contributed by atoms with E-state index in [0.717, 1.165) is 0 Å². The molecule has 16 heteroatoms. The molecule has 2 aliphatic heterocycles. The molecule has 2 N–H and O–H groups in total. The average Bonchev–Trinajstić information content (AvgIpc) is 3.12. The second kappa shape index (κ2) is 9.76. The minimum Gasteiger partial charge on any atom is -0.356 e. The molecule has 246 valence electrons. The molecule has 2 heterocycles. The molecule has 2 aliphatic rings. The predicted molar refractivity (Wildman–Crippen MR) is 130 cm³/mol. The number of rotatable bonds is 7. The molecule has 4 unspecified atom stereocenters. The Labute approximate surface area is 240 Å². The molecule has 43 heavy (non-hydrogen) atoms. The molecule has 0 aliphatic carbocycles. The van der Waals surface area contributed by atoms with Gasteiger partial charge in [0.2, 0.25) is 0 Å². The molecule has 0 radical (unpaired) electrons. The van der Waals surface area contributed by atoms with E-state index >= 15 is 17.6 Å². The molecule has 0 amide bonds. The monoisotopic (exact) mass is 642 g/mol. The Morgan fingerprint density at radius 2 is 1.14 bits per heavy atom. The molecule has 0 aromatic heterocycles. The first-order chi connectivity index (χ1) is 18.9. The van der Waals surface area contributed by atoms with Gasteiger partial charge in [-0.3, -0.25) is 0 Å². The highest BCUT2D eigenvalue weighted by molar-refractivity contribution is 5.66. The maximum absolute atomic E-state index is 15.1. The molecule has 6 nitrogen and oxygen atoms in total. The van der Waals surface area contributed by atoms with Crippen LogP contribution in [0.1, 0.15) is 65.2 Å². The molecule has 0 bridgehead atoms. The van der Waals surface area contributed by atoms with Crippen LogP contribution in [-0.4, -0.2) is 70.4 Å². The van der Waals surface area contributed by atoms with Gasteiger partial charge in [-0.2, -0.15) is 43.9 Å². The maximum Gasteiger partial charge on any atom is 0.449 e. The van der Waals surface area contributed by atoms with E-state index in [1.54, 1.807) is 0 Å². The van der Waals surface area contributed by atoms with Gasteiger partial charge >= 0.3 is 35.8 Å². The van der Waals surface area contributed by atoms with E-state index < -0.39 is 71.4 Å². The van der Waals surface area contributed by atoms with E-state index in [-0.39, 0.29) is 22.3 Å². The Morgan fingerprint density at radius 3 is 1.47 bits per heavy atom. The minimum absolute atomic E-state index is 0.0803. The first-order valence-electron chi connectivity index (χ1n) is 12.7. The number of ether oxygens (including phenoxy) is 4. The predicted octanol–water partition coefficient (Wildman–Crippen LogP) is 6.57. The molecule has 1 aromatic carbocycles. The molecule has 2 saturated heterocycles. The summed E-state index contributed by atoms with van der Waals surface area (Å²) in [6.45, 7) is 8.82. The van der Waals surface area contributed by atoms with Gasteiger partial charge in [0.25, 0.3) is 0 Å². The van der Waals surface area contributed by atoms with Crippen LogP contribution >= 0.6 is 0 Å². The number of allylic oxidation sites excluding steroid dienone is 1. The van der Waals surface area contributed by atoms with Gasteiger partial charge in [-0.25, -0.2) is 0 Å². The molecule has 0 spiro atoms. The normalized spacial score (nSPS) is 33.2. The van der Waals surface area contributed by atoms with Crippen LogP contribution in [0.15, 0.2) is 24.8 Å². The Kier molecular flexibility index (Phi) is 8.06. The second-order valence-corrected chi connectivity index (χ2v) is 12.2. The van der Waals surface area contributed by atoms with Gasteiger partial charge in [0.1, 0.15) is 0 Å². The fraction of sp³-hybridized carbons (Fsp3) is 0.704. The smallest absolute Gasteiger partial charge is 0.356 e. The lowest BCUT2D eigenvalue weighted by Gasteiger charge is -2.42.